The van der Waals surface area contributed by atoms with Gasteiger partial charge in [0.1, 0.15) is 5.76 Å². The largest absolute Gasteiger partial charge is 0.469 e. The lowest BCUT2D eigenvalue weighted by atomic mass is 9.87. The van der Waals surface area contributed by atoms with Crippen LogP contribution in [0.2, 0.25) is 0 Å². The van der Waals surface area contributed by atoms with E-state index in [1.165, 1.54) is 0 Å². The highest BCUT2D eigenvalue weighted by atomic mass is 16.5. The molecule has 2 aliphatic heterocycles. The van der Waals surface area contributed by atoms with Crippen molar-refractivity contribution < 1.29 is 13.9 Å². The molecule has 0 unspecified atom stereocenters. The Bertz CT molecular complexity index is 748. The van der Waals surface area contributed by atoms with Crippen LogP contribution in [0.15, 0.2) is 35.2 Å². The summed E-state index contributed by atoms with van der Waals surface area (Å²) in [6, 6.07) is 3.56. The summed E-state index contributed by atoms with van der Waals surface area (Å²) >= 11 is 0. The summed E-state index contributed by atoms with van der Waals surface area (Å²) in [5.74, 6) is 1.42. The fourth-order valence-corrected chi connectivity index (χ4v) is 3.75. The first-order chi connectivity index (χ1) is 12.2. The van der Waals surface area contributed by atoms with Crippen LogP contribution in [0, 0.1) is 12.3 Å². The molecule has 2 aliphatic rings. The van der Waals surface area contributed by atoms with Gasteiger partial charge in [-0.05, 0) is 25.5 Å². The van der Waals surface area contributed by atoms with Gasteiger partial charge in [0.25, 0.3) is 5.91 Å². The van der Waals surface area contributed by atoms with Gasteiger partial charge in [0.2, 0.25) is 5.95 Å². The molecule has 25 heavy (non-hydrogen) atoms. The second kappa shape index (κ2) is 6.48. The van der Waals surface area contributed by atoms with Crippen LogP contribution in [0.4, 0.5) is 5.95 Å². The maximum Gasteiger partial charge on any atom is 0.257 e. The van der Waals surface area contributed by atoms with Crippen molar-refractivity contribution in [1.82, 2.24) is 14.9 Å². The molecule has 7 heteroatoms. The number of amides is 1. The number of anilines is 1. The first-order valence-electron chi connectivity index (χ1n) is 8.60. The van der Waals surface area contributed by atoms with Crippen LogP contribution in [0.5, 0.6) is 0 Å². The van der Waals surface area contributed by atoms with Crippen LogP contribution in [0.3, 0.4) is 0 Å². The van der Waals surface area contributed by atoms with Crippen molar-refractivity contribution in [3.63, 3.8) is 0 Å². The van der Waals surface area contributed by atoms with Gasteiger partial charge in [-0.1, -0.05) is 0 Å². The lowest BCUT2D eigenvalue weighted by Gasteiger charge is -2.31. The summed E-state index contributed by atoms with van der Waals surface area (Å²) in [7, 11) is 0. The summed E-state index contributed by atoms with van der Waals surface area (Å²) in [6.45, 7) is 6.00. The number of rotatable bonds is 2. The van der Waals surface area contributed by atoms with Gasteiger partial charge >= 0.3 is 0 Å². The van der Waals surface area contributed by atoms with Gasteiger partial charge in [0, 0.05) is 44.0 Å². The third kappa shape index (κ3) is 3.11. The molecule has 4 heterocycles. The van der Waals surface area contributed by atoms with Gasteiger partial charge in [-0.15, -0.1) is 0 Å². The second-order valence-corrected chi connectivity index (χ2v) is 6.89. The Kier molecular flexibility index (Phi) is 4.17. The molecule has 2 aromatic rings. The molecular weight excluding hydrogens is 320 g/mol. The average Bonchev–Trinajstić information content (AvgIpc) is 3.18. The Hall–Kier alpha value is -2.41. The molecule has 2 fully saturated rings. The summed E-state index contributed by atoms with van der Waals surface area (Å²) in [5.41, 5.74) is 0.557. The first-order valence-corrected chi connectivity index (χ1v) is 8.60. The number of hydrogen-bond donors (Lipinski definition) is 0. The van der Waals surface area contributed by atoms with E-state index in [0.29, 0.717) is 37.6 Å². The Morgan fingerprint density at radius 1 is 1.24 bits per heavy atom. The second-order valence-electron chi connectivity index (χ2n) is 6.89. The van der Waals surface area contributed by atoms with Crippen molar-refractivity contribution in [2.24, 2.45) is 5.41 Å². The van der Waals surface area contributed by atoms with E-state index >= 15 is 0 Å². The maximum absolute atomic E-state index is 12.9. The van der Waals surface area contributed by atoms with Crippen LogP contribution in [0.25, 0.3) is 0 Å². The van der Waals surface area contributed by atoms with Crippen LogP contribution in [-0.2, 0) is 4.74 Å². The fraction of sp³-hybridized carbons (Fsp3) is 0.500. The van der Waals surface area contributed by atoms with Gasteiger partial charge in [0.15, 0.2) is 0 Å². The quantitative estimate of drug-likeness (QED) is 0.828. The molecule has 7 nitrogen and oxygen atoms in total. The summed E-state index contributed by atoms with van der Waals surface area (Å²) in [4.78, 5) is 25.7. The average molecular weight is 342 g/mol. The third-order valence-corrected chi connectivity index (χ3v) is 5.09. The molecule has 1 spiro atoms. The molecule has 0 N–H and O–H groups in total. The van der Waals surface area contributed by atoms with Crippen molar-refractivity contribution in [3.8, 4) is 0 Å². The number of carbonyl (C=O) groups excluding carboxylic acids is 1. The number of furan rings is 1. The SMILES string of the molecule is Cc1occc1C(=O)N1CCOC[C@]2(CCN(c3ncccn3)C2)C1. The van der Waals surface area contributed by atoms with Crippen LogP contribution in [0.1, 0.15) is 22.5 Å². The van der Waals surface area contributed by atoms with Gasteiger partial charge < -0.3 is 19.0 Å². The van der Waals surface area contributed by atoms with E-state index in [0.717, 1.165) is 25.5 Å². The zero-order chi connectivity index (χ0) is 17.3. The van der Waals surface area contributed by atoms with Crippen molar-refractivity contribution in [3.05, 3.63) is 42.1 Å². The molecule has 0 bridgehead atoms. The molecule has 0 aromatic carbocycles. The minimum Gasteiger partial charge on any atom is -0.469 e. The zero-order valence-electron chi connectivity index (χ0n) is 14.4. The molecular formula is C18H22N4O3. The summed E-state index contributed by atoms with van der Waals surface area (Å²) < 4.78 is 11.2. The third-order valence-electron chi connectivity index (χ3n) is 5.09. The van der Waals surface area contributed by atoms with E-state index in [1.807, 2.05) is 17.9 Å². The van der Waals surface area contributed by atoms with E-state index < -0.39 is 0 Å². The predicted octanol–water partition coefficient (Wildman–Crippen LogP) is 1.75. The highest BCUT2D eigenvalue weighted by Gasteiger charge is 2.43. The molecule has 4 rings (SSSR count). The molecule has 2 aromatic heterocycles. The van der Waals surface area contributed by atoms with Crippen LogP contribution in [-0.4, -0.2) is 60.2 Å². The molecule has 1 atom stereocenters. The van der Waals surface area contributed by atoms with E-state index in [1.54, 1.807) is 24.7 Å². The number of nitrogens with zero attached hydrogens (tertiary/aromatic N) is 4. The highest BCUT2D eigenvalue weighted by Crippen LogP contribution is 2.35. The monoisotopic (exact) mass is 342 g/mol. The van der Waals surface area contributed by atoms with Crippen molar-refractivity contribution >= 4 is 11.9 Å². The van der Waals surface area contributed by atoms with Crippen molar-refractivity contribution in [2.75, 3.05) is 44.3 Å². The molecule has 2 saturated heterocycles. The Balaban J connectivity index is 1.52. The number of ether oxygens (including phenoxy) is 1. The normalized spacial score (nSPS) is 23.9. The number of hydrogen-bond acceptors (Lipinski definition) is 6. The minimum absolute atomic E-state index is 0.0190. The zero-order valence-corrected chi connectivity index (χ0v) is 14.4. The summed E-state index contributed by atoms with van der Waals surface area (Å²) in [6.07, 6.45) is 6.04. The molecule has 132 valence electrons. The van der Waals surface area contributed by atoms with Gasteiger partial charge in [0.05, 0.1) is 25.0 Å². The topological polar surface area (TPSA) is 71.7 Å². The number of aryl methyl sites for hydroxylation is 1. The van der Waals surface area contributed by atoms with Crippen molar-refractivity contribution in [1.29, 1.82) is 0 Å². The minimum atomic E-state index is -0.0804. The number of carbonyl (C=O) groups is 1. The molecule has 0 aliphatic carbocycles. The van der Waals surface area contributed by atoms with Gasteiger partial charge in [-0.2, -0.15) is 0 Å². The summed E-state index contributed by atoms with van der Waals surface area (Å²) in [5, 5.41) is 0. The Morgan fingerprint density at radius 2 is 2.08 bits per heavy atom. The first kappa shape index (κ1) is 16.1. The number of aromatic nitrogens is 2. The maximum atomic E-state index is 12.9. The van der Waals surface area contributed by atoms with Crippen molar-refractivity contribution in [2.45, 2.75) is 13.3 Å². The van der Waals surface area contributed by atoms with Crippen LogP contribution >= 0.6 is 0 Å². The lowest BCUT2D eigenvalue weighted by Crippen LogP contribution is -2.43. The predicted molar refractivity (Wildman–Crippen MR) is 91.5 cm³/mol. The molecule has 1 amide bonds. The van der Waals surface area contributed by atoms with Gasteiger partial charge in [-0.25, -0.2) is 9.97 Å². The Labute approximate surface area is 146 Å². The highest BCUT2D eigenvalue weighted by molar-refractivity contribution is 5.95. The molecule has 0 radical (unpaired) electrons. The van der Waals surface area contributed by atoms with E-state index in [4.69, 9.17) is 9.15 Å². The van der Waals surface area contributed by atoms with E-state index in [-0.39, 0.29) is 11.3 Å². The molecule has 0 saturated carbocycles. The Morgan fingerprint density at radius 3 is 2.84 bits per heavy atom. The standard InChI is InChI=1S/C18H22N4O3/c1-14-15(3-9-25-14)16(23)21-8-10-24-13-18(11-21)4-7-22(12-18)17-19-5-2-6-20-17/h2-3,5-6,9H,4,7-8,10-13H2,1H3/t18-/m1/s1. The van der Waals surface area contributed by atoms with Crippen LogP contribution < -0.4 is 4.90 Å². The fourth-order valence-electron chi connectivity index (χ4n) is 3.75. The van der Waals surface area contributed by atoms with Gasteiger partial charge in [-0.3, -0.25) is 4.79 Å². The van der Waals surface area contributed by atoms with E-state index in [9.17, 15) is 4.79 Å². The lowest BCUT2D eigenvalue weighted by molar-refractivity contribution is 0.0689. The smallest absolute Gasteiger partial charge is 0.257 e. The van der Waals surface area contributed by atoms with E-state index in [2.05, 4.69) is 14.9 Å².